The SMILES string of the molecule is C#CC(C)NC1CCCc2ccc(OC)cc21. The zero-order valence-corrected chi connectivity index (χ0v) is 10.5. The van der Waals surface area contributed by atoms with Crippen LogP contribution >= 0.6 is 0 Å². The molecule has 2 heteroatoms. The van der Waals surface area contributed by atoms with Crippen LogP contribution < -0.4 is 10.1 Å². The lowest BCUT2D eigenvalue weighted by atomic mass is 9.87. The maximum absolute atomic E-state index is 5.43. The summed E-state index contributed by atoms with van der Waals surface area (Å²) in [7, 11) is 1.71. The Bertz CT molecular complexity index is 433. The van der Waals surface area contributed by atoms with Crippen molar-refractivity contribution >= 4 is 0 Å². The Morgan fingerprint density at radius 2 is 2.35 bits per heavy atom. The van der Waals surface area contributed by atoms with Crippen LogP contribution in [0.15, 0.2) is 18.2 Å². The van der Waals surface area contributed by atoms with Crippen LogP contribution in [0.2, 0.25) is 0 Å². The predicted molar refractivity (Wildman–Crippen MR) is 70.1 cm³/mol. The van der Waals surface area contributed by atoms with Gasteiger partial charge in [-0.2, -0.15) is 0 Å². The number of hydrogen-bond acceptors (Lipinski definition) is 2. The third-order valence-electron chi connectivity index (χ3n) is 3.37. The first-order chi connectivity index (χ1) is 8.24. The number of nitrogens with one attached hydrogen (secondary N) is 1. The molecule has 1 aromatic carbocycles. The molecule has 2 nitrogen and oxygen atoms in total. The molecule has 1 aliphatic carbocycles. The van der Waals surface area contributed by atoms with Crippen LogP contribution in [0.5, 0.6) is 5.75 Å². The van der Waals surface area contributed by atoms with Crippen molar-refractivity contribution in [2.24, 2.45) is 0 Å². The second-order valence-electron chi connectivity index (χ2n) is 4.56. The van der Waals surface area contributed by atoms with Crippen LogP contribution in [-0.2, 0) is 6.42 Å². The molecule has 0 bridgehead atoms. The molecular formula is C15H19NO. The van der Waals surface area contributed by atoms with Gasteiger partial charge in [-0.3, -0.25) is 5.32 Å². The van der Waals surface area contributed by atoms with E-state index in [2.05, 4.69) is 23.4 Å². The lowest BCUT2D eigenvalue weighted by Crippen LogP contribution is -2.31. The van der Waals surface area contributed by atoms with Gasteiger partial charge in [0, 0.05) is 6.04 Å². The van der Waals surface area contributed by atoms with Crippen LogP contribution in [0.3, 0.4) is 0 Å². The number of hydrogen-bond donors (Lipinski definition) is 1. The standard InChI is InChI=1S/C15H19NO/c1-4-11(2)16-15-7-5-6-12-8-9-13(17-3)10-14(12)15/h1,8-11,15-16H,5-7H2,2-3H3. The molecule has 2 atom stereocenters. The monoisotopic (exact) mass is 229 g/mol. The molecule has 0 saturated heterocycles. The molecule has 1 aromatic rings. The average Bonchev–Trinajstić information content (AvgIpc) is 2.38. The number of aryl methyl sites for hydroxylation is 1. The van der Waals surface area contributed by atoms with E-state index < -0.39 is 0 Å². The molecule has 1 aliphatic rings. The summed E-state index contributed by atoms with van der Waals surface area (Å²) in [5.74, 6) is 3.65. The Labute approximate surface area is 103 Å². The summed E-state index contributed by atoms with van der Waals surface area (Å²) < 4.78 is 5.29. The van der Waals surface area contributed by atoms with Crippen molar-refractivity contribution in [3.05, 3.63) is 29.3 Å². The molecule has 0 saturated carbocycles. The van der Waals surface area contributed by atoms with Gasteiger partial charge in [-0.25, -0.2) is 0 Å². The molecule has 0 aliphatic heterocycles. The maximum atomic E-state index is 5.43. The van der Waals surface area contributed by atoms with E-state index >= 15 is 0 Å². The number of ether oxygens (including phenoxy) is 1. The summed E-state index contributed by atoms with van der Waals surface area (Å²) in [6.07, 6.45) is 8.94. The predicted octanol–water partition coefficient (Wildman–Crippen LogP) is 2.68. The molecule has 2 unspecified atom stereocenters. The zero-order valence-electron chi connectivity index (χ0n) is 10.5. The minimum Gasteiger partial charge on any atom is -0.497 e. The molecule has 0 radical (unpaired) electrons. The summed E-state index contributed by atoms with van der Waals surface area (Å²) in [6, 6.07) is 6.81. The fourth-order valence-corrected chi connectivity index (χ4v) is 2.43. The second kappa shape index (κ2) is 5.25. The van der Waals surface area contributed by atoms with Gasteiger partial charge < -0.3 is 4.74 Å². The van der Waals surface area contributed by atoms with Crippen molar-refractivity contribution in [2.75, 3.05) is 7.11 Å². The first-order valence-electron chi connectivity index (χ1n) is 6.13. The molecule has 0 fully saturated rings. The zero-order chi connectivity index (χ0) is 12.3. The van der Waals surface area contributed by atoms with Crippen LogP contribution in [-0.4, -0.2) is 13.2 Å². The number of rotatable bonds is 3. The average molecular weight is 229 g/mol. The van der Waals surface area contributed by atoms with E-state index in [4.69, 9.17) is 11.2 Å². The summed E-state index contributed by atoms with van der Waals surface area (Å²) in [5, 5.41) is 3.48. The van der Waals surface area contributed by atoms with E-state index in [0.29, 0.717) is 6.04 Å². The summed E-state index contributed by atoms with van der Waals surface area (Å²) in [4.78, 5) is 0. The third-order valence-corrected chi connectivity index (χ3v) is 3.37. The Kier molecular flexibility index (Phi) is 3.71. The fourth-order valence-electron chi connectivity index (χ4n) is 2.43. The lowest BCUT2D eigenvalue weighted by Gasteiger charge is -2.28. The van der Waals surface area contributed by atoms with Crippen LogP contribution in [0.4, 0.5) is 0 Å². The first-order valence-corrected chi connectivity index (χ1v) is 6.13. The van der Waals surface area contributed by atoms with Gasteiger partial charge >= 0.3 is 0 Å². The quantitative estimate of drug-likeness (QED) is 0.805. The van der Waals surface area contributed by atoms with E-state index in [0.717, 1.165) is 18.6 Å². The maximum Gasteiger partial charge on any atom is 0.119 e. The molecular weight excluding hydrogens is 210 g/mol. The van der Waals surface area contributed by atoms with Crippen LogP contribution in [0.25, 0.3) is 0 Å². The summed E-state index contributed by atoms with van der Waals surface area (Å²) >= 11 is 0. The van der Waals surface area contributed by atoms with Gasteiger partial charge in [0.25, 0.3) is 0 Å². The van der Waals surface area contributed by atoms with Crippen molar-refractivity contribution in [3.63, 3.8) is 0 Å². The molecule has 1 N–H and O–H groups in total. The van der Waals surface area contributed by atoms with E-state index in [-0.39, 0.29) is 6.04 Å². The van der Waals surface area contributed by atoms with Crippen LogP contribution in [0.1, 0.15) is 36.9 Å². The second-order valence-corrected chi connectivity index (χ2v) is 4.56. The largest absolute Gasteiger partial charge is 0.497 e. The van der Waals surface area contributed by atoms with Crippen molar-refractivity contribution < 1.29 is 4.74 Å². The van der Waals surface area contributed by atoms with Gasteiger partial charge in [0.1, 0.15) is 5.75 Å². The van der Waals surface area contributed by atoms with Gasteiger partial charge in [0.15, 0.2) is 0 Å². The Hall–Kier alpha value is -1.46. The minimum atomic E-state index is 0.108. The highest BCUT2D eigenvalue weighted by Gasteiger charge is 2.21. The summed E-state index contributed by atoms with van der Waals surface area (Å²) in [5.41, 5.74) is 2.76. The van der Waals surface area contributed by atoms with E-state index in [1.54, 1.807) is 7.11 Å². The van der Waals surface area contributed by atoms with E-state index in [1.807, 2.05) is 13.0 Å². The number of benzene rings is 1. The Morgan fingerprint density at radius 1 is 1.53 bits per heavy atom. The topological polar surface area (TPSA) is 21.3 Å². The van der Waals surface area contributed by atoms with Crippen molar-refractivity contribution in [1.29, 1.82) is 0 Å². The highest BCUT2D eigenvalue weighted by atomic mass is 16.5. The minimum absolute atomic E-state index is 0.108. The molecule has 0 spiro atoms. The molecule has 90 valence electrons. The molecule has 17 heavy (non-hydrogen) atoms. The van der Waals surface area contributed by atoms with Crippen molar-refractivity contribution in [3.8, 4) is 18.1 Å². The van der Waals surface area contributed by atoms with Crippen molar-refractivity contribution in [1.82, 2.24) is 5.32 Å². The number of methoxy groups -OCH3 is 1. The smallest absolute Gasteiger partial charge is 0.119 e. The number of fused-ring (bicyclic) bond motifs is 1. The summed E-state index contributed by atoms with van der Waals surface area (Å²) in [6.45, 7) is 2.02. The van der Waals surface area contributed by atoms with Gasteiger partial charge in [0.2, 0.25) is 0 Å². The Morgan fingerprint density at radius 3 is 3.06 bits per heavy atom. The van der Waals surface area contributed by atoms with Gasteiger partial charge in [-0.15, -0.1) is 6.42 Å². The molecule has 0 heterocycles. The molecule has 2 rings (SSSR count). The van der Waals surface area contributed by atoms with Crippen molar-refractivity contribution in [2.45, 2.75) is 38.3 Å². The lowest BCUT2D eigenvalue weighted by molar-refractivity contribution is 0.407. The van der Waals surface area contributed by atoms with E-state index in [1.165, 1.54) is 17.5 Å². The van der Waals surface area contributed by atoms with E-state index in [9.17, 15) is 0 Å². The van der Waals surface area contributed by atoms with Gasteiger partial charge in [0.05, 0.1) is 13.2 Å². The van der Waals surface area contributed by atoms with Gasteiger partial charge in [-0.05, 0) is 49.4 Å². The molecule has 0 amide bonds. The van der Waals surface area contributed by atoms with Gasteiger partial charge in [-0.1, -0.05) is 12.0 Å². The number of terminal acetylenes is 1. The first kappa shape index (κ1) is 12.0. The Balaban J connectivity index is 2.26. The highest BCUT2D eigenvalue weighted by Crippen LogP contribution is 2.32. The highest BCUT2D eigenvalue weighted by molar-refractivity contribution is 5.39. The normalized spacial score (nSPS) is 20.2. The molecule has 0 aromatic heterocycles. The fraction of sp³-hybridized carbons (Fsp3) is 0.467. The van der Waals surface area contributed by atoms with Crippen LogP contribution in [0, 0.1) is 12.3 Å². The third kappa shape index (κ3) is 2.62.